The molecule has 1 aromatic heterocycles. The normalized spacial score (nSPS) is 11.1. The summed E-state index contributed by atoms with van der Waals surface area (Å²) in [5, 5.41) is 10.8. The molecule has 0 aliphatic heterocycles. The molecule has 0 saturated carbocycles. The van der Waals surface area contributed by atoms with Crippen LogP contribution >= 0.6 is 24.0 Å². The molecule has 0 fully saturated rings. The summed E-state index contributed by atoms with van der Waals surface area (Å²) in [6, 6.07) is 0. The zero-order valence-corrected chi connectivity index (χ0v) is 16.3. The molecule has 0 aliphatic rings. The Morgan fingerprint density at radius 1 is 1.32 bits per heavy atom. The van der Waals surface area contributed by atoms with Crippen LogP contribution in [0.25, 0.3) is 0 Å². The fourth-order valence-electron chi connectivity index (χ4n) is 1.94. The average Bonchev–Trinajstić information content (AvgIpc) is 2.88. The Morgan fingerprint density at radius 3 is 2.77 bits per heavy atom. The number of nitrogens with zero attached hydrogens (tertiary/aromatic N) is 3. The molecule has 1 aromatic rings. The second kappa shape index (κ2) is 13.8. The van der Waals surface area contributed by atoms with Gasteiger partial charge in [0.15, 0.2) is 5.96 Å². The van der Waals surface area contributed by atoms with Crippen LogP contribution in [0.5, 0.6) is 0 Å². The van der Waals surface area contributed by atoms with Gasteiger partial charge in [-0.1, -0.05) is 0 Å². The molecule has 0 spiro atoms. The highest BCUT2D eigenvalue weighted by Crippen LogP contribution is 2.00. The molecule has 0 atom stereocenters. The Labute approximate surface area is 151 Å². The van der Waals surface area contributed by atoms with Gasteiger partial charge in [0, 0.05) is 46.1 Å². The summed E-state index contributed by atoms with van der Waals surface area (Å²) in [6.07, 6.45) is 7.01. The van der Waals surface area contributed by atoms with Gasteiger partial charge in [0.2, 0.25) is 0 Å². The van der Waals surface area contributed by atoms with Crippen molar-refractivity contribution in [2.45, 2.75) is 33.1 Å². The number of hydrogen-bond acceptors (Lipinski definition) is 3. The molecule has 6 nitrogen and oxygen atoms in total. The molecule has 22 heavy (non-hydrogen) atoms. The predicted molar refractivity (Wildman–Crippen MR) is 102 cm³/mol. The third kappa shape index (κ3) is 9.99. The van der Waals surface area contributed by atoms with Crippen molar-refractivity contribution in [3.8, 4) is 0 Å². The number of halogens is 1. The van der Waals surface area contributed by atoms with E-state index in [-0.39, 0.29) is 24.0 Å². The maximum atomic E-state index is 5.32. The third-order valence-electron chi connectivity index (χ3n) is 2.96. The van der Waals surface area contributed by atoms with Gasteiger partial charge in [-0.3, -0.25) is 9.67 Å². The molecule has 0 aliphatic carbocycles. The first-order chi connectivity index (χ1) is 10.3. The first-order valence-electron chi connectivity index (χ1n) is 7.83. The molecule has 0 saturated heterocycles. The van der Waals surface area contributed by atoms with Crippen molar-refractivity contribution >= 4 is 29.9 Å². The lowest BCUT2D eigenvalue weighted by Crippen LogP contribution is -2.38. The van der Waals surface area contributed by atoms with Gasteiger partial charge in [0.25, 0.3) is 0 Å². The van der Waals surface area contributed by atoms with Crippen LogP contribution in [0.1, 0.15) is 32.3 Å². The molecular weight excluding hydrogens is 393 g/mol. The minimum atomic E-state index is 0. The summed E-state index contributed by atoms with van der Waals surface area (Å²) < 4.78 is 7.15. The Bertz CT molecular complexity index is 408. The lowest BCUT2D eigenvalue weighted by Gasteiger charge is -2.11. The van der Waals surface area contributed by atoms with Crippen LogP contribution in [0.2, 0.25) is 0 Å². The van der Waals surface area contributed by atoms with E-state index in [9.17, 15) is 0 Å². The monoisotopic (exact) mass is 423 g/mol. The summed E-state index contributed by atoms with van der Waals surface area (Å²) in [6.45, 7) is 8.24. The van der Waals surface area contributed by atoms with Crippen molar-refractivity contribution in [2.24, 2.45) is 12.0 Å². The van der Waals surface area contributed by atoms with Crippen molar-refractivity contribution in [2.75, 3.05) is 32.8 Å². The van der Waals surface area contributed by atoms with E-state index in [1.807, 2.05) is 24.9 Å². The second-order valence-corrected chi connectivity index (χ2v) is 4.86. The number of aromatic nitrogens is 2. The fraction of sp³-hybridized carbons (Fsp3) is 0.733. The van der Waals surface area contributed by atoms with Crippen LogP contribution in [0.3, 0.4) is 0 Å². The van der Waals surface area contributed by atoms with Crippen LogP contribution in [0.4, 0.5) is 0 Å². The lowest BCUT2D eigenvalue weighted by atomic mass is 10.2. The van der Waals surface area contributed by atoms with Crippen LogP contribution in [0.15, 0.2) is 17.4 Å². The topological polar surface area (TPSA) is 63.5 Å². The van der Waals surface area contributed by atoms with Crippen LogP contribution in [-0.4, -0.2) is 48.6 Å². The van der Waals surface area contributed by atoms with Gasteiger partial charge in [0.05, 0.1) is 6.20 Å². The van der Waals surface area contributed by atoms with Crippen molar-refractivity contribution in [1.82, 2.24) is 20.4 Å². The highest BCUT2D eigenvalue weighted by Gasteiger charge is 1.98. The molecule has 128 valence electrons. The summed E-state index contributed by atoms with van der Waals surface area (Å²) in [4.78, 5) is 4.58. The number of ether oxygens (including phenoxy) is 1. The van der Waals surface area contributed by atoms with E-state index in [1.54, 1.807) is 0 Å². The summed E-state index contributed by atoms with van der Waals surface area (Å²) in [5.74, 6) is 0.889. The number of guanidine groups is 1. The second-order valence-electron chi connectivity index (χ2n) is 4.86. The zero-order chi connectivity index (χ0) is 15.3. The zero-order valence-electron chi connectivity index (χ0n) is 14.0. The Hall–Kier alpha value is -0.830. The highest BCUT2D eigenvalue weighted by molar-refractivity contribution is 14.0. The quantitative estimate of drug-likeness (QED) is 0.261. The summed E-state index contributed by atoms with van der Waals surface area (Å²) >= 11 is 0. The van der Waals surface area contributed by atoms with Crippen molar-refractivity contribution < 1.29 is 4.74 Å². The van der Waals surface area contributed by atoms with E-state index in [0.29, 0.717) is 0 Å². The van der Waals surface area contributed by atoms with Crippen LogP contribution in [-0.2, 0) is 18.2 Å². The van der Waals surface area contributed by atoms with Crippen molar-refractivity contribution in [3.05, 3.63) is 18.0 Å². The molecule has 0 bridgehead atoms. The maximum Gasteiger partial charge on any atom is 0.191 e. The van der Waals surface area contributed by atoms with E-state index in [0.717, 1.165) is 58.1 Å². The summed E-state index contributed by atoms with van der Waals surface area (Å²) in [5.41, 5.74) is 1.27. The maximum absolute atomic E-state index is 5.32. The molecular formula is C15H30IN5O. The SMILES string of the molecule is CCNC(=NCCCc1cnn(C)c1)NCCCOCC.I. The van der Waals surface area contributed by atoms with Gasteiger partial charge in [-0.2, -0.15) is 5.10 Å². The van der Waals surface area contributed by atoms with Crippen molar-refractivity contribution in [1.29, 1.82) is 0 Å². The smallest absolute Gasteiger partial charge is 0.191 e. The van der Waals surface area contributed by atoms with E-state index in [2.05, 4.69) is 33.8 Å². The molecule has 0 aromatic carbocycles. The van der Waals surface area contributed by atoms with Gasteiger partial charge in [-0.05, 0) is 38.7 Å². The summed E-state index contributed by atoms with van der Waals surface area (Å²) in [7, 11) is 1.94. The van der Waals surface area contributed by atoms with Crippen LogP contribution in [0, 0.1) is 0 Å². The Morgan fingerprint density at radius 2 is 2.14 bits per heavy atom. The first-order valence-corrected chi connectivity index (χ1v) is 7.83. The van der Waals surface area contributed by atoms with Gasteiger partial charge in [-0.15, -0.1) is 24.0 Å². The molecule has 1 heterocycles. The number of hydrogen-bond donors (Lipinski definition) is 2. The van der Waals surface area contributed by atoms with Gasteiger partial charge in [-0.25, -0.2) is 0 Å². The Kier molecular flexibility index (Phi) is 13.3. The fourth-order valence-corrected chi connectivity index (χ4v) is 1.94. The number of aliphatic imine (C=N–C) groups is 1. The van der Waals surface area contributed by atoms with E-state index in [1.165, 1.54) is 5.56 Å². The molecule has 2 N–H and O–H groups in total. The van der Waals surface area contributed by atoms with Crippen LogP contribution < -0.4 is 10.6 Å². The van der Waals surface area contributed by atoms with E-state index in [4.69, 9.17) is 4.74 Å². The van der Waals surface area contributed by atoms with E-state index < -0.39 is 0 Å². The van der Waals surface area contributed by atoms with Crippen molar-refractivity contribution in [3.63, 3.8) is 0 Å². The number of aryl methyl sites for hydroxylation is 2. The van der Waals surface area contributed by atoms with Gasteiger partial charge >= 0.3 is 0 Å². The molecule has 0 radical (unpaired) electrons. The van der Waals surface area contributed by atoms with Gasteiger partial charge < -0.3 is 15.4 Å². The predicted octanol–water partition coefficient (Wildman–Crippen LogP) is 1.95. The third-order valence-corrected chi connectivity index (χ3v) is 2.96. The highest BCUT2D eigenvalue weighted by atomic mass is 127. The molecule has 1 rings (SSSR count). The standard InChI is InChI=1S/C15H29N5O.HI/c1-4-16-15(18-10-7-11-21-5-2)17-9-6-8-14-12-19-20(3)13-14;/h12-13H,4-11H2,1-3H3,(H2,16,17,18);1H. The average molecular weight is 423 g/mol. The lowest BCUT2D eigenvalue weighted by molar-refractivity contribution is 0.145. The molecule has 0 unspecified atom stereocenters. The minimum absolute atomic E-state index is 0. The number of rotatable bonds is 10. The largest absolute Gasteiger partial charge is 0.382 e. The minimum Gasteiger partial charge on any atom is -0.382 e. The van der Waals surface area contributed by atoms with E-state index >= 15 is 0 Å². The Balaban J connectivity index is 0.00000441. The first kappa shape index (κ1) is 21.2. The molecule has 0 amide bonds. The molecule has 7 heteroatoms. The number of nitrogens with one attached hydrogen (secondary N) is 2. The van der Waals surface area contributed by atoms with Gasteiger partial charge in [0.1, 0.15) is 0 Å².